The molecule has 2 aromatic carbocycles. The van der Waals surface area contributed by atoms with Crippen molar-refractivity contribution in [3.8, 4) is 5.69 Å². The van der Waals surface area contributed by atoms with Gasteiger partial charge in [-0.1, -0.05) is 17.8 Å². The molecular weight excluding hydrogens is 433 g/mol. The van der Waals surface area contributed by atoms with Crippen LogP contribution in [0.1, 0.15) is 16.7 Å². The summed E-state index contributed by atoms with van der Waals surface area (Å²) < 4.78 is 41.6. The summed E-state index contributed by atoms with van der Waals surface area (Å²) in [6.07, 6.45) is -1.57. The minimum Gasteiger partial charge on any atom is -0.325 e. The van der Waals surface area contributed by atoms with Crippen molar-refractivity contribution in [2.75, 3.05) is 11.1 Å². The van der Waals surface area contributed by atoms with Gasteiger partial charge in [0, 0.05) is 30.2 Å². The highest BCUT2D eigenvalue weighted by molar-refractivity contribution is 7.99. The van der Waals surface area contributed by atoms with Gasteiger partial charge in [0.1, 0.15) is 0 Å². The van der Waals surface area contributed by atoms with Crippen LogP contribution in [0.3, 0.4) is 0 Å². The number of aryl methyl sites for hydroxylation is 2. The van der Waals surface area contributed by atoms with Crippen molar-refractivity contribution < 1.29 is 22.9 Å². The number of non-ortho nitro benzene ring substituents is 1. The van der Waals surface area contributed by atoms with Gasteiger partial charge in [0.15, 0.2) is 5.16 Å². The molecular formula is C20H17F3N4O3S. The normalized spacial score (nSPS) is 11.4. The highest BCUT2D eigenvalue weighted by Gasteiger charge is 2.35. The maximum atomic E-state index is 13.3. The van der Waals surface area contributed by atoms with Crippen LogP contribution >= 0.6 is 11.8 Å². The van der Waals surface area contributed by atoms with E-state index in [-0.39, 0.29) is 5.75 Å². The molecule has 0 aliphatic carbocycles. The van der Waals surface area contributed by atoms with E-state index in [1.165, 1.54) is 0 Å². The minimum atomic E-state index is -4.86. The molecule has 3 rings (SSSR count). The van der Waals surface area contributed by atoms with E-state index in [0.29, 0.717) is 11.2 Å². The van der Waals surface area contributed by atoms with Crippen LogP contribution in [0.4, 0.5) is 24.5 Å². The van der Waals surface area contributed by atoms with Crippen molar-refractivity contribution in [2.24, 2.45) is 0 Å². The lowest BCUT2D eigenvalue weighted by atomic mass is 10.1. The molecule has 11 heteroatoms. The predicted molar refractivity (Wildman–Crippen MR) is 110 cm³/mol. The number of hydrogen-bond donors (Lipinski definition) is 1. The molecule has 31 heavy (non-hydrogen) atoms. The molecule has 1 heterocycles. The fraction of sp³-hybridized carbons (Fsp3) is 0.200. The SMILES string of the molecule is Cc1ccc(-n2ccnc2SCC(=O)Nc2ccc([N+](=O)[O-])cc2C(F)(F)F)cc1C. The lowest BCUT2D eigenvalue weighted by Crippen LogP contribution is -2.18. The zero-order chi connectivity index (χ0) is 22.8. The largest absolute Gasteiger partial charge is 0.418 e. The van der Waals surface area contributed by atoms with E-state index in [1.54, 1.807) is 17.0 Å². The fourth-order valence-corrected chi connectivity index (χ4v) is 3.55. The van der Waals surface area contributed by atoms with Gasteiger partial charge in [0.25, 0.3) is 5.69 Å². The molecule has 1 N–H and O–H groups in total. The first-order valence-corrected chi connectivity index (χ1v) is 9.94. The number of anilines is 1. The average Bonchev–Trinajstić information content (AvgIpc) is 3.16. The van der Waals surface area contributed by atoms with Crippen molar-refractivity contribution in [1.82, 2.24) is 9.55 Å². The lowest BCUT2D eigenvalue weighted by molar-refractivity contribution is -0.385. The number of nitrogens with zero attached hydrogens (tertiary/aromatic N) is 3. The van der Waals surface area contributed by atoms with Crippen LogP contribution in [-0.2, 0) is 11.0 Å². The summed E-state index contributed by atoms with van der Waals surface area (Å²) in [4.78, 5) is 26.3. The number of carbonyl (C=O) groups excluding carboxylic acids is 1. The Hall–Kier alpha value is -3.34. The van der Waals surface area contributed by atoms with E-state index in [2.05, 4.69) is 10.3 Å². The second kappa shape index (κ2) is 8.80. The van der Waals surface area contributed by atoms with Gasteiger partial charge in [0.2, 0.25) is 5.91 Å². The molecule has 0 atom stereocenters. The quantitative estimate of drug-likeness (QED) is 0.319. The molecule has 0 aliphatic rings. The monoisotopic (exact) mass is 450 g/mol. The zero-order valence-electron chi connectivity index (χ0n) is 16.4. The Morgan fingerprint density at radius 1 is 1.19 bits per heavy atom. The van der Waals surface area contributed by atoms with E-state index in [1.807, 2.05) is 32.0 Å². The zero-order valence-corrected chi connectivity index (χ0v) is 17.3. The molecule has 0 radical (unpaired) electrons. The molecule has 1 amide bonds. The molecule has 0 bridgehead atoms. The summed E-state index contributed by atoms with van der Waals surface area (Å²) in [6.45, 7) is 3.96. The van der Waals surface area contributed by atoms with Gasteiger partial charge in [-0.3, -0.25) is 19.5 Å². The molecule has 3 aromatic rings. The van der Waals surface area contributed by atoms with Crippen molar-refractivity contribution in [3.63, 3.8) is 0 Å². The van der Waals surface area contributed by atoms with Crippen molar-refractivity contribution >= 4 is 29.0 Å². The molecule has 0 saturated carbocycles. The summed E-state index contributed by atoms with van der Waals surface area (Å²) in [5, 5.41) is 13.5. The third-order valence-electron chi connectivity index (χ3n) is 4.50. The first-order chi connectivity index (χ1) is 14.6. The summed E-state index contributed by atoms with van der Waals surface area (Å²) >= 11 is 1.06. The molecule has 0 fully saturated rings. The van der Waals surface area contributed by atoms with Crippen LogP contribution < -0.4 is 5.32 Å². The summed E-state index contributed by atoms with van der Waals surface area (Å²) in [5.74, 6) is -0.894. The van der Waals surface area contributed by atoms with Crippen molar-refractivity contribution in [2.45, 2.75) is 25.2 Å². The number of halogens is 3. The first-order valence-electron chi connectivity index (χ1n) is 8.95. The standard InChI is InChI=1S/C20H17F3N4O3S/c1-12-3-4-14(9-13(12)2)26-8-7-24-19(26)31-11-18(28)25-17-6-5-15(27(29)30)10-16(17)20(21,22)23/h3-10H,11H2,1-2H3,(H,25,28). The number of thioether (sulfide) groups is 1. The molecule has 0 unspecified atom stereocenters. The van der Waals surface area contributed by atoms with E-state index in [0.717, 1.165) is 40.7 Å². The van der Waals surface area contributed by atoms with Crippen LogP contribution in [0.5, 0.6) is 0 Å². The summed E-state index contributed by atoms with van der Waals surface area (Å²) in [7, 11) is 0. The third-order valence-corrected chi connectivity index (χ3v) is 5.47. The Morgan fingerprint density at radius 2 is 1.94 bits per heavy atom. The first kappa shape index (κ1) is 22.3. The van der Waals surface area contributed by atoms with Crippen LogP contribution in [-0.4, -0.2) is 26.1 Å². The predicted octanol–water partition coefficient (Wildman–Crippen LogP) is 5.15. The Kier molecular flexibility index (Phi) is 6.34. The lowest BCUT2D eigenvalue weighted by Gasteiger charge is -2.14. The van der Waals surface area contributed by atoms with Crippen LogP contribution in [0.15, 0.2) is 53.9 Å². The number of rotatable bonds is 6. The van der Waals surface area contributed by atoms with Gasteiger partial charge in [-0.15, -0.1) is 0 Å². The maximum absolute atomic E-state index is 13.3. The van der Waals surface area contributed by atoms with Crippen molar-refractivity contribution in [1.29, 1.82) is 0 Å². The molecule has 0 spiro atoms. The Bertz CT molecular complexity index is 1140. The Balaban J connectivity index is 1.74. The molecule has 162 valence electrons. The topological polar surface area (TPSA) is 90.1 Å². The number of alkyl halides is 3. The number of benzene rings is 2. The van der Waals surface area contributed by atoms with Gasteiger partial charge in [-0.25, -0.2) is 4.98 Å². The van der Waals surface area contributed by atoms with Crippen LogP contribution in [0.2, 0.25) is 0 Å². The number of nitro benzene ring substituents is 1. The molecule has 0 saturated heterocycles. The highest BCUT2D eigenvalue weighted by Crippen LogP contribution is 2.37. The Morgan fingerprint density at radius 3 is 2.58 bits per heavy atom. The van der Waals surface area contributed by atoms with E-state index in [9.17, 15) is 28.1 Å². The summed E-state index contributed by atoms with van der Waals surface area (Å²) in [5.41, 5.74) is 0.519. The minimum absolute atomic E-state index is 0.198. The highest BCUT2D eigenvalue weighted by atomic mass is 32.2. The van der Waals surface area contributed by atoms with Crippen LogP contribution in [0.25, 0.3) is 5.69 Å². The average molecular weight is 450 g/mol. The number of nitro groups is 1. The number of carbonyl (C=O) groups is 1. The number of aromatic nitrogens is 2. The second-order valence-electron chi connectivity index (χ2n) is 6.67. The van der Waals surface area contributed by atoms with Gasteiger partial charge in [-0.2, -0.15) is 13.2 Å². The van der Waals surface area contributed by atoms with Gasteiger partial charge in [-0.05, 0) is 43.2 Å². The van der Waals surface area contributed by atoms with Gasteiger partial charge in [0.05, 0.1) is 21.9 Å². The van der Waals surface area contributed by atoms with E-state index >= 15 is 0 Å². The maximum Gasteiger partial charge on any atom is 0.418 e. The number of imidazole rings is 1. The fourth-order valence-electron chi connectivity index (χ4n) is 2.77. The van der Waals surface area contributed by atoms with E-state index < -0.39 is 33.9 Å². The molecule has 1 aromatic heterocycles. The third kappa shape index (κ3) is 5.23. The summed E-state index contributed by atoms with van der Waals surface area (Å²) in [6, 6.07) is 8.01. The molecule has 0 aliphatic heterocycles. The number of nitrogens with one attached hydrogen (secondary N) is 1. The number of amides is 1. The molecule has 7 nitrogen and oxygen atoms in total. The van der Waals surface area contributed by atoms with E-state index in [4.69, 9.17) is 0 Å². The second-order valence-corrected chi connectivity index (χ2v) is 7.61. The number of hydrogen-bond acceptors (Lipinski definition) is 5. The van der Waals surface area contributed by atoms with Crippen LogP contribution in [0, 0.1) is 24.0 Å². The van der Waals surface area contributed by atoms with Gasteiger partial charge >= 0.3 is 6.18 Å². The smallest absolute Gasteiger partial charge is 0.325 e. The Labute approximate surface area is 179 Å². The van der Waals surface area contributed by atoms with Crippen molar-refractivity contribution in [3.05, 3.63) is 75.6 Å². The van der Waals surface area contributed by atoms with Gasteiger partial charge < -0.3 is 5.32 Å².